The minimum Gasteiger partial charge on any atom is -0.350 e. The van der Waals surface area contributed by atoms with Crippen molar-refractivity contribution in [3.63, 3.8) is 0 Å². The fraction of sp³-hybridized carbons (Fsp3) is 0.0909. The molecule has 0 N–H and O–H groups in total. The lowest BCUT2D eigenvalue weighted by Gasteiger charge is -2.08. The Hall–Kier alpha value is -3.45. The number of thiazole rings is 1. The van der Waals surface area contributed by atoms with Crippen molar-refractivity contribution >= 4 is 34.7 Å². The highest BCUT2D eigenvalue weighted by molar-refractivity contribution is 7.18. The molecule has 0 aliphatic rings. The molecule has 0 spiro atoms. The third kappa shape index (κ3) is 3.40. The van der Waals surface area contributed by atoms with Gasteiger partial charge in [-0.05, 0) is 37.9 Å². The molecule has 4 rings (SSSR count). The third-order valence-electron chi connectivity index (χ3n) is 4.55. The first kappa shape index (κ1) is 18.9. The van der Waals surface area contributed by atoms with Crippen molar-refractivity contribution in [2.45, 2.75) is 6.92 Å². The summed E-state index contributed by atoms with van der Waals surface area (Å²) < 4.78 is 15.7. The molecule has 0 saturated heterocycles. The van der Waals surface area contributed by atoms with E-state index < -0.39 is 5.82 Å². The smallest absolute Gasteiger partial charge is 0.142 e. The number of aryl methyl sites for hydroxylation is 2. The molecule has 0 saturated carbocycles. The second kappa shape index (κ2) is 7.52. The first-order valence-corrected chi connectivity index (χ1v) is 9.68. The van der Waals surface area contributed by atoms with E-state index in [9.17, 15) is 4.39 Å². The fourth-order valence-corrected chi connectivity index (χ4v) is 4.22. The van der Waals surface area contributed by atoms with Crippen molar-refractivity contribution in [2.24, 2.45) is 12.0 Å². The topological polar surface area (TPSA) is 56.0 Å². The fourth-order valence-electron chi connectivity index (χ4n) is 3.17. The van der Waals surface area contributed by atoms with E-state index >= 15 is 0 Å². The van der Waals surface area contributed by atoms with E-state index in [1.807, 2.05) is 36.9 Å². The summed E-state index contributed by atoms with van der Waals surface area (Å²) in [6.07, 6.45) is 8.22. The molecule has 0 unspecified atom stereocenters. The van der Waals surface area contributed by atoms with Crippen LogP contribution in [0.2, 0.25) is 0 Å². The van der Waals surface area contributed by atoms with Crippen LogP contribution >= 0.6 is 11.3 Å². The minimum atomic E-state index is -0.390. The quantitative estimate of drug-likeness (QED) is 0.330. The number of aromatic nitrogens is 4. The zero-order valence-electron chi connectivity index (χ0n) is 16.1. The van der Waals surface area contributed by atoms with Gasteiger partial charge in [0.1, 0.15) is 10.8 Å². The zero-order chi connectivity index (χ0) is 20.5. The maximum Gasteiger partial charge on any atom is 0.142 e. The predicted octanol–water partition coefficient (Wildman–Crippen LogP) is 5.43. The molecule has 4 aromatic heterocycles. The highest BCUT2D eigenvalue weighted by Crippen LogP contribution is 2.38. The predicted molar refractivity (Wildman–Crippen MR) is 117 cm³/mol. The third-order valence-corrected chi connectivity index (χ3v) is 5.77. The number of rotatable bonds is 5. The maximum absolute atomic E-state index is 13.6. The molecule has 4 heterocycles. The first-order valence-electron chi connectivity index (χ1n) is 8.86. The molecular weight excluding hydrogens is 385 g/mol. The van der Waals surface area contributed by atoms with Gasteiger partial charge in [0.05, 0.1) is 39.4 Å². The van der Waals surface area contributed by atoms with Gasteiger partial charge in [-0.3, -0.25) is 9.98 Å². The van der Waals surface area contributed by atoms with Crippen LogP contribution in [0.25, 0.3) is 37.7 Å². The molecule has 144 valence electrons. The van der Waals surface area contributed by atoms with Crippen LogP contribution in [0.3, 0.4) is 0 Å². The summed E-state index contributed by atoms with van der Waals surface area (Å²) in [5.41, 5.74) is 4.63. The van der Waals surface area contributed by atoms with E-state index in [0.29, 0.717) is 22.0 Å². The van der Waals surface area contributed by atoms with Crippen LogP contribution in [0.5, 0.6) is 0 Å². The normalized spacial score (nSPS) is 11.8. The number of halogens is 1. The van der Waals surface area contributed by atoms with Crippen molar-refractivity contribution in [1.29, 1.82) is 0 Å². The van der Waals surface area contributed by atoms with E-state index in [-0.39, 0.29) is 0 Å². The van der Waals surface area contributed by atoms with Crippen LogP contribution in [0, 0.1) is 12.7 Å². The molecule has 0 amide bonds. The molecule has 0 fully saturated rings. The zero-order valence-corrected chi connectivity index (χ0v) is 16.9. The molecular formula is C22H18FN5S. The van der Waals surface area contributed by atoms with Crippen molar-refractivity contribution in [3.05, 3.63) is 72.7 Å². The Balaban J connectivity index is 1.95. The Morgan fingerprint density at radius 3 is 2.83 bits per heavy atom. The molecule has 0 bridgehead atoms. The Morgan fingerprint density at radius 1 is 1.28 bits per heavy atom. The summed E-state index contributed by atoms with van der Waals surface area (Å²) in [5.74, 6) is -0.390. The standard InChI is InChI=1S/C22H18FN5S/c1-5-6-17(24-3)18-10-19-16(7-8-28(19)4)20(27-18)21-13(2)26-22(29-21)14-9-15(23)12-25-11-14/h5-12H,1,3H2,2,4H3/b17-6-. The Kier molecular flexibility index (Phi) is 4.90. The van der Waals surface area contributed by atoms with Gasteiger partial charge < -0.3 is 4.57 Å². The number of fused-ring (bicyclic) bond motifs is 1. The average molecular weight is 403 g/mol. The number of hydrogen-bond acceptors (Lipinski definition) is 5. The monoisotopic (exact) mass is 403 g/mol. The Labute approximate surface area is 171 Å². The highest BCUT2D eigenvalue weighted by Gasteiger charge is 2.18. The molecule has 0 aliphatic carbocycles. The van der Waals surface area contributed by atoms with Crippen LogP contribution in [0.4, 0.5) is 4.39 Å². The van der Waals surface area contributed by atoms with Gasteiger partial charge in [-0.2, -0.15) is 0 Å². The second-order valence-electron chi connectivity index (χ2n) is 6.49. The molecule has 0 radical (unpaired) electrons. The van der Waals surface area contributed by atoms with Gasteiger partial charge in [0, 0.05) is 30.4 Å². The number of aliphatic imine (C=N–C) groups is 1. The Morgan fingerprint density at radius 2 is 2.10 bits per heavy atom. The number of nitrogens with zero attached hydrogens (tertiary/aromatic N) is 5. The number of hydrogen-bond donors (Lipinski definition) is 0. The molecule has 4 aromatic rings. The Bertz CT molecular complexity index is 1280. The number of allylic oxidation sites excluding steroid dienone is 2. The summed E-state index contributed by atoms with van der Waals surface area (Å²) in [4.78, 5) is 18.5. The molecule has 0 aliphatic heterocycles. The van der Waals surface area contributed by atoms with Crippen LogP contribution in [0.15, 0.2) is 60.5 Å². The minimum absolute atomic E-state index is 0.390. The van der Waals surface area contributed by atoms with E-state index in [1.54, 1.807) is 18.3 Å². The van der Waals surface area contributed by atoms with Crippen molar-refractivity contribution in [3.8, 4) is 21.1 Å². The summed E-state index contributed by atoms with van der Waals surface area (Å²) in [5, 5.41) is 1.71. The summed E-state index contributed by atoms with van der Waals surface area (Å²) in [6, 6.07) is 5.45. The van der Waals surface area contributed by atoms with Gasteiger partial charge in [0.25, 0.3) is 0 Å². The van der Waals surface area contributed by atoms with Gasteiger partial charge in [0.15, 0.2) is 0 Å². The summed E-state index contributed by atoms with van der Waals surface area (Å²) in [7, 11) is 1.98. The van der Waals surface area contributed by atoms with Gasteiger partial charge >= 0.3 is 0 Å². The van der Waals surface area contributed by atoms with E-state index in [1.165, 1.54) is 23.6 Å². The van der Waals surface area contributed by atoms with Gasteiger partial charge in [-0.15, -0.1) is 11.3 Å². The van der Waals surface area contributed by atoms with E-state index in [0.717, 1.165) is 27.2 Å². The van der Waals surface area contributed by atoms with Crippen molar-refractivity contribution in [2.75, 3.05) is 0 Å². The van der Waals surface area contributed by atoms with Crippen LogP contribution in [-0.4, -0.2) is 26.2 Å². The molecule has 0 atom stereocenters. The molecule has 29 heavy (non-hydrogen) atoms. The largest absolute Gasteiger partial charge is 0.350 e. The lowest BCUT2D eigenvalue weighted by Crippen LogP contribution is -1.94. The maximum atomic E-state index is 13.6. The van der Waals surface area contributed by atoms with Gasteiger partial charge in [-0.1, -0.05) is 12.7 Å². The summed E-state index contributed by atoms with van der Waals surface area (Å²) >= 11 is 1.46. The van der Waals surface area contributed by atoms with Crippen molar-refractivity contribution in [1.82, 2.24) is 19.5 Å². The molecule has 0 aromatic carbocycles. The highest BCUT2D eigenvalue weighted by atomic mass is 32.1. The van der Waals surface area contributed by atoms with E-state index in [4.69, 9.17) is 4.98 Å². The van der Waals surface area contributed by atoms with Crippen LogP contribution < -0.4 is 0 Å². The lowest BCUT2D eigenvalue weighted by molar-refractivity contribution is 0.622. The number of pyridine rings is 2. The van der Waals surface area contributed by atoms with Crippen LogP contribution in [0.1, 0.15) is 11.4 Å². The average Bonchev–Trinajstić information content (AvgIpc) is 3.28. The van der Waals surface area contributed by atoms with Gasteiger partial charge in [0.2, 0.25) is 0 Å². The van der Waals surface area contributed by atoms with Crippen LogP contribution in [-0.2, 0) is 7.05 Å². The van der Waals surface area contributed by atoms with Crippen molar-refractivity contribution < 1.29 is 4.39 Å². The first-order chi connectivity index (χ1) is 14.0. The summed E-state index contributed by atoms with van der Waals surface area (Å²) in [6.45, 7) is 9.32. The van der Waals surface area contributed by atoms with E-state index in [2.05, 4.69) is 28.3 Å². The second-order valence-corrected chi connectivity index (χ2v) is 7.49. The SMILES string of the molecule is C=C/C=C(\N=C)c1cc2c(ccn2C)c(-c2sc(-c3cncc(F)c3)nc2C)n1. The lowest BCUT2D eigenvalue weighted by atomic mass is 10.1. The van der Waals surface area contributed by atoms with Gasteiger partial charge in [-0.25, -0.2) is 14.4 Å². The molecule has 7 heteroatoms. The molecule has 5 nitrogen and oxygen atoms in total.